The molecule has 1 heterocycles. The second kappa shape index (κ2) is 5.83. The number of hydrogen-bond donors (Lipinski definition) is 1. The molecule has 3 nitrogen and oxygen atoms in total. The lowest BCUT2D eigenvalue weighted by Crippen LogP contribution is -2.45. The van der Waals surface area contributed by atoms with Crippen LogP contribution in [0.15, 0.2) is 36.5 Å². The zero-order valence-corrected chi connectivity index (χ0v) is 11.8. The molecule has 0 aromatic carbocycles. The molecule has 0 radical (unpaired) electrons. The summed E-state index contributed by atoms with van der Waals surface area (Å²) in [5.41, 5.74) is -0.203. The molecule has 1 aliphatic heterocycles. The molecule has 1 aliphatic rings. The molecule has 18 heavy (non-hydrogen) atoms. The minimum Gasteiger partial charge on any atom is -0.388 e. The van der Waals surface area contributed by atoms with E-state index in [1.807, 2.05) is 32.1 Å². The number of aliphatic hydroxyl groups is 1. The molecule has 0 amide bonds. The maximum Gasteiger partial charge on any atom is 0.121 e. The van der Waals surface area contributed by atoms with Crippen molar-refractivity contribution >= 4 is 0 Å². The molecule has 0 saturated carbocycles. The molecule has 1 saturated heterocycles. The number of allylic oxidation sites excluding steroid dienone is 4. The van der Waals surface area contributed by atoms with Crippen LogP contribution in [0, 0.1) is 0 Å². The van der Waals surface area contributed by atoms with Crippen LogP contribution in [0.2, 0.25) is 0 Å². The summed E-state index contributed by atoms with van der Waals surface area (Å²) in [5, 5.41) is 9.85. The maximum atomic E-state index is 9.85. The Balaban J connectivity index is 2.57. The van der Waals surface area contributed by atoms with Gasteiger partial charge in [0, 0.05) is 0 Å². The maximum absolute atomic E-state index is 9.85. The summed E-state index contributed by atoms with van der Waals surface area (Å²) in [6, 6.07) is 0. The van der Waals surface area contributed by atoms with Crippen molar-refractivity contribution in [1.29, 1.82) is 0 Å². The third-order valence-corrected chi connectivity index (χ3v) is 3.18. The average molecular weight is 252 g/mol. The van der Waals surface area contributed by atoms with Gasteiger partial charge in [-0.3, -0.25) is 0 Å². The van der Waals surface area contributed by atoms with Crippen molar-refractivity contribution in [2.24, 2.45) is 0 Å². The van der Waals surface area contributed by atoms with E-state index in [4.69, 9.17) is 9.78 Å². The average Bonchev–Trinajstić information content (AvgIpc) is 2.28. The van der Waals surface area contributed by atoms with E-state index in [2.05, 4.69) is 6.58 Å². The lowest BCUT2D eigenvalue weighted by Gasteiger charge is -2.38. The van der Waals surface area contributed by atoms with E-state index in [-0.39, 0.29) is 6.10 Å². The standard InChI is InChI=1S/C15H24O3/c1-6-12(2)8-7-10-15(5)11-9-13(17-18-15)14(3,4)16/h6-8,10,13,16H,1,9,11H2,2-5H3/b10-7+,12-8+. The van der Waals surface area contributed by atoms with Crippen molar-refractivity contribution in [3.05, 3.63) is 36.5 Å². The minimum absolute atomic E-state index is 0.274. The highest BCUT2D eigenvalue weighted by Crippen LogP contribution is 2.32. The lowest BCUT2D eigenvalue weighted by molar-refractivity contribution is -0.411. The molecule has 102 valence electrons. The first-order valence-corrected chi connectivity index (χ1v) is 6.32. The van der Waals surface area contributed by atoms with Gasteiger partial charge in [-0.1, -0.05) is 30.4 Å². The number of rotatable bonds is 4. The molecule has 0 aliphatic carbocycles. The highest BCUT2D eigenvalue weighted by atomic mass is 17.2. The van der Waals surface area contributed by atoms with Crippen molar-refractivity contribution in [3.63, 3.8) is 0 Å². The molecule has 1 rings (SSSR count). The van der Waals surface area contributed by atoms with Gasteiger partial charge in [0.25, 0.3) is 0 Å². The molecule has 0 aromatic heterocycles. The van der Waals surface area contributed by atoms with E-state index in [1.165, 1.54) is 0 Å². The Bertz CT molecular complexity index is 339. The van der Waals surface area contributed by atoms with Crippen molar-refractivity contribution in [2.75, 3.05) is 0 Å². The third kappa shape index (κ3) is 4.41. The highest BCUT2D eigenvalue weighted by molar-refractivity contribution is 5.21. The molecule has 1 fully saturated rings. The van der Waals surface area contributed by atoms with Gasteiger partial charge in [0.05, 0.1) is 5.60 Å². The fraction of sp³-hybridized carbons (Fsp3) is 0.600. The molecule has 0 spiro atoms. The monoisotopic (exact) mass is 252 g/mol. The summed E-state index contributed by atoms with van der Waals surface area (Å²) in [6.45, 7) is 11.1. The summed E-state index contributed by atoms with van der Waals surface area (Å²) < 4.78 is 0. The summed E-state index contributed by atoms with van der Waals surface area (Å²) in [5.74, 6) is 0. The van der Waals surface area contributed by atoms with Gasteiger partial charge in [-0.2, -0.15) is 0 Å². The SMILES string of the molecule is C=C/C(C)=C/C=C/C1(C)CCC(C(C)(C)O)OO1. The van der Waals surface area contributed by atoms with Gasteiger partial charge in [0.1, 0.15) is 11.7 Å². The summed E-state index contributed by atoms with van der Waals surface area (Å²) in [6.07, 6.45) is 9.02. The molecular formula is C15H24O3. The highest BCUT2D eigenvalue weighted by Gasteiger charge is 2.38. The van der Waals surface area contributed by atoms with Gasteiger partial charge in [0.15, 0.2) is 0 Å². The van der Waals surface area contributed by atoms with E-state index >= 15 is 0 Å². The minimum atomic E-state index is -0.871. The topological polar surface area (TPSA) is 38.7 Å². The van der Waals surface area contributed by atoms with Crippen LogP contribution in [0.3, 0.4) is 0 Å². The van der Waals surface area contributed by atoms with Crippen LogP contribution < -0.4 is 0 Å². The van der Waals surface area contributed by atoms with Crippen LogP contribution in [0.1, 0.15) is 40.5 Å². The van der Waals surface area contributed by atoms with Gasteiger partial charge >= 0.3 is 0 Å². The molecule has 2 atom stereocenters. The summed E-state index contributed by atoms with van der Waals surface area (Å²) in [7, 11) is 0. The van der Waals surface area contributed by atoms with Crippen molar-refractivity contribution in [2.45, 2.75) is 57.8 Å². The zero-order chi connectivity index (χ0) is 13.8. The van der Waals surface area contributed by atoms with E-state index in [0.717, 1.165) is 18.4 Å². The zero-order valence-electron chi connectivity index (χ0n) is 11.8. The molecular weight excluding hydrogens is 228 g/mol. The van der Waals surface area contributed by atoms with Crippen molar-refractivity contribution in [1.82, 2.24) is 0 Å². The molecule has 1 N–H and O–H groups in total. The van der Waals surface area contributed by atoms with Crippen molar-refractivity contribution in [3.8, 4) is 0 Å². The Kier molecular flexibility index (Phi) is 4.91. The molecule has 3 heteroatoms. The number of hydrogen-bond acceptors (Lipinski definition) is 3. The Morgan fingerprint density at radius 3 is 2.61 bits per heavy atom. The van der Waals surface area contributed by atoms with Crippen LogP contribution in [0.4, 0.5) is 0 Å². The molecule has 2 unspecified atom stereocenters. The van der Waals surface area contributed by atoms with Crippen molar-refractivity contribution < 1.29 is 14.9 Å². The Morgan fingerprint density at radius 1 is 1.50 bits per heavy atom. The van der Waals surface area contributed by atoms with Crippen LogP contribution in [-0.2, 0) is 9.78 Å². The third-order valence-electron chi connectivity index (χ3n) is 3.18. The van der Waals surface area contributed by atoms with Gasteiger partial charge in [-0.05, 0) is 46.6 Å². The normalized spacial score (nSPS) is 30.7. The predicted octanol–water partition coefficient (Wildman–Crippen LogP) is 3.32. The van der Waals surface area contributed by atoms with Crippen LogP contribution in [-0.4, -0.2) is 22.4 Å². The Hall–Kier alpha value is -0.900. The second-order valence-electron chi connectivity index (χ2n) is 5.65. The smallest absolute Gasteiger partial charge is 0.121 e. The van der Waals surface area contributed by atoms with Gasteiger partial charge < -0.3 is 5.11 Å². The van der Waals surface area contributed by atoms with Gasteiger partial charge in [-0.25, -0.2) is 9.78 Å². The first kappa shape index (κ1) is 15.2. The van der Waals surface area contributed by atoms with Gasteiger partial charge in [-0.15, -0.1) is 0 Å². The Labute approximate surface area is 110 Å². The van der Waals surface area contributed by atoms with E-state index in [1.54, 1.807) is 19.9 Å². The first-order valence-electron chi connectivity index (χ1n) is 6.32. The lowest BCUT2D eigenvalue weighted by atomic mass is 9.90. The summed E-state index contributed by atoms with van der Waals surface area (Å²) in [4.78, 5) is 10.7. The van der Waals surface area contributed by atoms with Crippen LogP contribution in [0.25, 0.3) is 0 Å². The Morgan fingerprint density at radius 2 is 2.17 bits per heavy atom. The van der Waals surface area contributed by atoms with E-state index < -0.39 is 11.2 Å². The van der Waals surface area contributed by atoms with Crippen LogP contribution in [0.5, 0.6) is 0 Å². The van der Waals surface area contributed by atoms with E-state index in [9.17, 15) is 5.11 Å². The second-order valence-corrected chi connectivity index (χ2v) is 5.65. The van der Waals surface area contributed by atoms with E-state index in [0.29, 0.717) is 0 Å². The molecule has 0 aromatic rings. The largest absolute Gasteiger partial charge is 0.388 e. The summed E-state index contributed by atoms with van der Waals surface area (Å²) >= 11 is 0. The van der Waals surface area contributed by atoms with Crippen LogP contribution >= 0.6 is 0 Å². The predicted molar refractivity (Wildman–Crippen MR) is 73.0 cm³/mol. The fourth-order valence-corrected chi connectivity index (χ4v) is 1.73. The first-order chi connectivity index (χ1) is 8.27. The molecule has 0 bridgehead atoms. The fourth-order valence-electron chi connectivity index (χ4n) is 1.73. The van der Waals surface area contributed by atoms with Gasteiger partial charge in [0.2, 0.25) is 0 Å². The quantitative estimate of drug-likeness (QED) is 0.616.